The van der Waals surface area contributed by atoms with Crippen LogP contribution in [-0.2, 0) is 20.9 Å². The molecule has 1 fully saturated rings. The number of nitro groups is 1. The number of rotatable bonds is 8. The van der Waals surface area contributed by atoms with Gasteiger partial charge in [0.2, 0.25) is 0 Å². The van der Waals surface area contributed by atoms with E-state index in [1.807, 2.05) is 66.7 Å². The van der Waals surface area contributed by atoms with Crippen molar-refractivity contribution < 1.29 is 24.0 Å². The number of nitro benzene ring substituents is 1. The lowest BCUT2D eigenvalue weighted by molar-refractivity contribution is -0.384. The zero-order valence-corrected chi connectivity index (χ0v) is 21.5. The van der Waals surface area contributed by atoms with Crippen LogP contribution in [0.2, 0.25) is 0 Å². The molecule has 1 N–H and O–H groups in total. The van der Waals surface area contributed by atoms with Gasteiger partial charge in [-0.3, -0.25) is 10.1 Å². The highest BCUT2D eigenvalue weighted by atomic mass is 16.6. The van der Waals surface area contributed by atoms with E-state index in [2.05, 4.69) is 5.32 Å². The zero-order chi connectivity index (χ0) is 27.3. The van der Waals surface area contributed by atoms with E-state index < -0.39 is 28.1 Å². The van der Waals surface area contributed by atoms with Gasteiger partial charge in [-0.1, -0.05) is 66.7 Å². The Labute approximate surface area is 221 Å². The second-order valence-electron chi connectivity index (χ2n) is 10.2. The number of amides is 1. The molecule has 1 aliphatic carbocycles. The zero-order valence-electron chi connectivity index (χ0n) is 21.5. The quantitative estimate of drug-likeness (QED) is 0.223. The van der Waals surface area contributed by atoms with Crippen LogP contribution in [0.25, 0.3) is 5.57 Å². The Bertz CT molecular complexity index is 1290. The summed E-state index contributed by atoms with van der Waals surface area (Å²) in [6.07, 6.45) is 1.63. The highest BCUT2D eigenvalue weighted by Gasteiger charge is 2.62. The number of esters is 1. The summed E-state index contributed by atoms with van der Waals surface area (Å²) >= 11 is 0. The fourth-order valence-corrected chi connectivity index (χ4v) is 4.19. The standard InChI is InChI=1S/C30H30N2O6/c1-29(2,3)38-28(34)31-30(27(33)37-20-21-14-16-25(17-15-21)32(35)36)19-24(30)18-26(22-10-6-4-7-11-22)23-12-8-5-9-13-23/h4-18,24H,19-20H2,1-3H3,(H,31,34)/t24-,30-/m0/s1. The largest absolute Gasteiger partial charge is 0.459 e. The number of ether oxygens (including phenoxy) is 2. The maximum atomic E-state index is 13.4. The minimum atomic E-state index is -1.29. The molecule has 4 rings (SSSR count). The number of benzene rings is 3. The van der Waals surface area contributed by atoms with Crippen molar-refractivity contribution in [2.24, 2.45) is 5.92 Å². The van der Waals surface area contributed by atoms with Crippen LogP contribution >= 0.6 is 0 Å². The summed E-state index contributed by atoms with van der Waals surface area (Å²) in [4.78, 5) is 36.6. The molecule has 0 heterocycles. The topological polar surface area (TPSA) is 108 Å². The smallest absolute Gasteiger partial charge is 0.408 e. The molecule has 3 aromatic rings. The van der Waals surface area contributed by atoms with E-state index >= 15 is 0 Å². The maximum absolute atomic E-state index is 13.4. The van der Waals surface area contributed by atoms with Crippen molar-refractivity contribution in [2.75, 3.05) is 0 Å². The lowest BCUT2D eigenvalue weighted by Gasteiger charge is -2.23. The van der Waals surface area contributed by atoms with Crippen LogP contribution in [0, 0.1) is 16.0 Å². The van der Waals surface area contributed by atoms with Gasteiger partial charge in [0.25, 0.3) is 5.69 Å². The molecule has 3 aromatic carbocycles. The van der Waals surface area contributed by atoms with Crippen LogP contribution in [0.1, 0.15) is 43.9 Å². The van der Waals surface area contributed by atoms with Gasteiger partial charge in [-0.25, -0.2) is 9.59 Å². The number of hydrogen-bond donors (Lipinski definition) is 1. The summed E-state index contributed by atoms with van der Waals surface area (Å²) in [5, 5.41) is 13.7. The Morgan fingerprint density at radius 3 is 2.03 bits per heavy atom. The van der Waals surface area contributed by atoms with E-state index in [-0.39, 0.29) is 18.2 Å². The van der Waals surface area contributed by atoms with Gasteiger partial charge in [0.1, 0.15) is 17.7 Å². The molecule has 38 heavy (non-hydrogen) atoms. The Balaban J connectivity index is 1.60. The molecule has 1 saturated carbocycles. The lowest BCUT2D eigenvalue weighted by Crippen LogP contribution is -2.47. The fraction of sp³-hybridized carbons (Fsp3) is 0.267. The summed E-state index contributed by atoms with van der Waals surface area (Å²) in [6, 6.07) is 25.4. The first kappa shape index (κ1) is 26.6. The van der Waals surface area contributed by atoms with Gasteiger partial charge in [0, 0.05) is 18.1 Å². The van der Waals surface area contributed by atoms with Crippen LogP contribution in [0.15, 0.2) is 91.0 Å². The van der Waals surface area contributed by atoms with E-state index in [4.69, 9.17) is 9.47 Å². The Hall–Kier alpha value is -4.46. The predicted molar refractivity (Wildman–Crippen MR) is 143 cm³/mol. The number of carbonyl (C=O) groups excluding carboxylic acids is 2. The van der Waals surface area contributed by atoms with Crippen molar-refractivity contribution in [3.8, 4) is 0 Å². The average Bonchev–Trinajstić information content (AvgIpc) is 3.58. The van der Waals surface area contributed by atoms with Gasteiger partial charge in [-0.05, 0) is 61.6 Å². The third-order valence-electron chi connectivity index (χ3n) is 6.16. The van der Waals surface area contributed by atoms with Gasteiger partial charge in [0.15, 0.2) is 0 Å². The molecule has 0 aliphatic heterocycles. The Morgan fingerprint density at radius 1 is 0.974 bits per heavy atom. The van der Waals surface area contributed by atoms with Crippen molar-refractivity contribution in [1.82, 2.24) is 5.32 Å². The van der Waals surface area contributed by atoms with Crippen molar-refractivity contribution in [3.05, 3.63) is 118 Å². The first-order valence-electron chi connectivity index (χ1n) is 12.3. The van der Waals surface area contributed by atoms with Crippen molar-refractivity contribution >= 4 is 23.3 Å². The van der Waals surface area contributed by atoms with Crippen LogP contribution < -0.4 is 5.32 Å². The van der Waals surface area contributed by atoms with Crippen LogP contribution in [0.3, 0.4) is 0 Å². The van der Waals surface area contributed by atoms with E-state index in [0.717, 1.165) is 16.7 Å². The van der Waals surface area contributed by atoms with Gasteiger partial charge in [0.05, 0.1) is 4.92 Å². The van der Waals surface area contributed by atoms with Crippen LogP contribution in [-0.4, -0.2) is 28.1 Å². The lowest BCUT2D eigenvalue weighted by atomic mass is 9.96. The van der Waals surface area contributed by atoms with E-state index in [1.54, 1.807) is 20.8 Å². The van der Waals surface area contributed by atoms with E-state index in [1.165, 1.54) is 24.3 Å². The first-order valence-corrected chi connectivity index (χ1v) is 12.3. The SMILES string of the molecule is CC(C)(C)OC(=O)N[C@@]1(C(=O)OCc2ccc([N+](=O)[O-])cc2)C[C@@H]1C=C(c1ccccc1)c1ccccc1. The molecule has 0 aromatic heterocycles. The highest BCUT2D eigenvalue weighted by molar-refractivity contribution is 5.91. The molecule has 8 heteroatoms. The van der Waals surface area contributed by atoms with E-state index in [0.29, 0.717) is 12.0 Å². The predicted octanol–water partition coefficient (Wildman–Crippen LogP) is 6.05. The Kier molecular flexibility index (Phi) is 7.62. The van der Waals surface area contributed by atoms with Crippen molar-refractivity contribution in [2.45, 2.75) is 44.9 Å². The average molecular weight is 515 g/mol. The molecule has 0 bridgehead atoms. The molecule has 0 spiro atoms. The molecule has 196 valence electrons. The summed E-state index contributed by atoms with van der Waals surface area (Å²) in [5.41, 5.74) is 1.41. The van der Waals surface area contributed by atoms with Crippen LogP contribution in [0.4, 0.5) is 10.5 Å². The number of nitrogens with one attached hydrogen (secondary N) is 1. The second kappa shape index (κ2) is 10.9. The number of hydrogen-bond acceptors (Lipinski definition) is 6. The first-order chi connectivity index (χ1) is 18.1. The molecule has 0 unspecified atom stereocenters. The summed E-state index contributed by atoms with van der Waals surface area (Å²) in [6.45, 7) is 5.16. The van der Waals surface area contributed by atoms with Crippen LogP contribution in [0.5, 0.6) is 0 Å². The van der Waals surface area contributed by atoms with Crippen molar-refractivity contribution in [1.29, 1.82) is 0 Å². The normalized spacial score (nSPS) is 18.1. The highest BCUT2D eigenvalue weighted by Crippen LogP contribution is 2.48. The van der Waals surface area contributed by atoms with Gasteiger partial charge in [-0.2, -0.15) is 0 Å². The number of non-ortho nitro benzene ring substituents is 1. The molecule has 2 atom stereocenters. The minimum absolute atomic E-state index is 0.0510. The molecule has 8 nitrogen and oxygen atoms in total. The number of alkyl carbamates (subject to hydrolysis) is 1. The minimum Gasteiger partial charge on any atom is -0.459 e. The maximum Gasteiger partial charge on any atom is 0.408 e. The third kappa shape index (κ3) is 6.45. The molecule has 1 amide bonds. The number of carbonyl (C=O) groups is 2. The monoisotopic (exact) mass is 514 g/mol. The molecular weight excluding hydrogens is 484 g/mol. The number of nitrogens with zero attached hydrogens (tertiary/aromatic N) is 1. The van der Waals surface area contributed by atoms with Gasteiger partial charge >= 0.3 is 12.1 Å². The molecular formula is C30H30N2O6. The van der Waals surface area contributed by atoms with Gasteiger partial charge in [-0.15, -0.1) is 0 Å². The summed E-state index contributed by atoms with van der Waals surface area (Å²) < 4.78 is 11.0. The third-order valence-corrected chi connectivity index (χ3v) is 6.16. The molecule has 0 radical (unpaired) electrons. The Morgan fingerprint density at radius 2 is 1.53 bits per heavy atom. The van der Waals surface area contributed by atoms with E-state index in [9.17, 15) is 19.7 Å². The second-order valence-corrected chi connectivity index (χ2v) is 10.2. The van der Waals surface area contributed by atoms with Gasteiger partial charge < -0.3 is 14.8 Å². The molecule has 1 aliphatic rings. The fourth-order valence-electron chi connectivity index (χ4n) is 4.19. The summed E-state index contributed by atoms with van der Waals surface area (Å²) in [7, 11) is 0. The molecule has 0 saturated heterocycles. The van der Waals surface area contributed by atoms with Crippen molar-refractivity contribution in [3.63, 3.8) is 0 Å². The summed E-state index contributed by atoms with van der Waals surface area (Å²) in [5.74, 6) is -0.932.